The minimum absolute atomic E-state index is 0.114. The smallest absolute Gasteiger partial charge is 0.307 e. The molecule has 2 N–H and O–H groups in total. The molecule has 2 aromatic rings. The zero-order chi connectivity index (χ0) is 21.7. The van der Waals surface area contributed by atoms with Crippen LogP contribution >= 0.6 is 0 Å². The van der Waals surface area contributed by atoms with Crippen LogP contribution in [-0.2, 0) is 26.2 Å². The van der Waals surface area contributed by atoms with Crippen molar-refractivity contribution in [3.8, 4) is 0 Å². The second kappa shape index (κ2) is 9.23. The number of anilines is 1. The molecule has 1 amide bonds. The third kappa shape index (κ3) is 4.95. The van der Waals surface area contributed by atoms with E-state index in [1.54, 1.807) is 6.08 Å². The Balaban J connectivity index is 1.69. The molecule has 2 aromatic carbocycles. The van der Waals surface area contributed by atoms with Crippen molar-refractivity contribution in [3.05, 3.63) is 72.3 Å². The van der Waals surface area contributed by atoms with E-state index in [9.17, 15) is 23.1 Å². The molecular weight excluding hydrogens is 404 g/mol. The zero-order valence-corrected chi connectivity index (χ0v) is 17.4. The van der Waals surface area contributed by atoms with Gasteiger partial charge in [0.1, 0.15) is 0 Å². The standard InChI is InChI=1S/C22H24N2O5S/c1-24(15-16-7-3-2-4-8-16)30(28,29)18-13-11-17(12-14-18)23-21(25)19-9-5-6-10-20(19)22(26)27/h2-8,11-14,19-20H,9-10,15H2,1H3,(H,23,25)(H,26,27). The number of sulfonamides is 1. The van der Waals surface area contributed by atoms with Crippen LogP contribution in [0.3, 0.4) is 0 Å². The molecule has 8 heteroatoms. The lowest BCUT2D eigenvalue weighted by molar-refractivity contribution is -0.146. The molecule has 1 aliphatic carbocycles. The minimum Gasteiger partial charge on any atom is -0.481 e. The van der Waals surface area contributed by atoms with Gasteiger partial charge < -0.3 is 10.4 Å². The highest BCUT2D eigenvalue weighted by Crippen LogP contribution is 2.27. The van der Waals surface area contributed by atoms with Crippen LogP contribution in [0.1, 0.15) is 18.4 Å². The van der Waals surface area contributed by atoms with Gasteiger partial charge in [0, 0.05) is 19.3 Å². The first kappa shape index (κ1) is 21.7. The molecule has 0 aliphatic heterocycles. The highest BCUT2D eigenvalue weighted by molar-refractivity contribution is 7.89. The normalized spacial score (nSPS) is 18.9. The Labute approximate surface area is 176 Å². The van der Waals surface area contributed by atoms with E-state index in [0.717, 1.165) is 5.56 Å². The molecule has 2 atom stereocenters. The number of carboxylic acids is 1. The van der Waals surface area contributed by atoms with Crippen molar-refractivity contribution in [2.24, 2.45) is 11.8 Å². The van der Waals surface area contributed by atoms with Crippen LogP contribution in [0, 0.1) is 11.8 Å². The number of carbonyl (C=O) groups excluding carboxylic acids is 1. The number of allylic oxidation sites excluding steroid dienone is 2. The number of aliphatic carboxylic acids is 1. The maximum Gasteiger partial charge on any atom is 0.307 e. The predicted octanol–water partition coefficient (Wildman–Crippen LogP) is 3.11. The number of carboxylic acid groups (broad SMARTS) is 1. The van der Waals surface area contributed by atoms with Crippen LogP contribution in [0.25, 0.3) is 0 Å². The van der Waals surface area contributed by atoms with Crippen molar-refractivity contribution in [3.63, 3.8) is 0 Å². The summed E-state index contributed by atoms with van der Waals surface area (Å²) in [6, 6.07) is 15.2. The lowest BCUT2D eigenvalue weighted by Crippen LogP contribution is -2.34. The van der Waals surface area contributed by atoms with Gasteiger partial charge in [-0.1, -0.05) is 42.5 Å². The van der Waals surface area contributed by atoms with E-state index >= 15 is 0 Å². The molecule has 0 aromatic heterocycles. The Kier molecular flexibility index (Phi) is 6.69. The highest BCUT2D eigenvalue weighted by Gasteiger charge is 2.34. The second-order valence-electron chi connectivity index (χ2n) is 7.25. The lowest BCUT2D eigenvalue weighted by Gasteiger charge is -2.24. The van der Waals surface area contributed by atoms with E-state index in [0.29, 0.717) is 18.5 Å². The van der Waals surface area contributed by atoms with Gasteiger partial charge in [-0.2, -0.15) is 4.31 Å². The van der Waals surface area contributed by atoms with Gasteiger partial charge in [-0.15, -0.1) is 0 Å². The fourth-order valence-corrected chi connectivity index (χ4v) is 4.59. The van der Waals surface area contributed by atoms with Crippen molar-refractivity contribution in [2.75, 3.05) is 12.4 Å². The average molecular weight is 429 g/mol. The number of amides is 1. The van der Waals surface area contributed by atoms with E-state index in [1.165, 1.54) is 35.6 Å². The average Bonchev–Trinajstić information content (AvgIpc) is 2.74. The summed E-state index contributed by atoms with van der Waals surface area (Å²) in [6.07, 6.45) is 4.26. The molecule has 0 spiro atoms. The number of carbonyl (C=O) groups is 2. The third-order valence-corrected chi connectivity index (χ3v) is 6.98. The summed E-state index contributed by atoms with van der Waals surface area (Å²) >= 11 is 0. The number of hydrogen-bond donors (Lipinski definition) is 2. The topological polar surface area (TPSA) is 104 Å². The summed E-state index contributed by atoms with van der Waals surface area (Å²) in [5, 5.41) is 12.0. The molecule has 0 fully saturated rings. The maximum absolute atomic E-state index is 12.8. The van der Waals surface area contributed by atoms with Gasteiger partial charge in [-0.05, 0) is 42.7 Å². The molecule has 158 valence electrons. The van der Waals surface area contributed by atoms with Gasteiger partial charge in [0.05, 0.1) is 16.7 Å². The molecular formula is C22H24N2O5S. The highest BCUT2D eigenvalue weighted by atomic mass is 32.2. The largest absolute Gasteiger partial charge is 0.481 e. The van der Waals surface area contributed by atoms with Crippen molar-refractivity contribution in [1.82, 2.24) is 4.31 Å². The van der Waals surface area contributed by atoms with Crippen molar-refractivity contribution < 1.29 is 23.1 Å². The summed E-state index contributed by atoms with van der Waals surface area (Å²) < 4.78 is 26.9. The molecule has 0 bridgehead atoms. The number of rotatable bonds is 7. The fraction of sp³-hybridized carbons (Fsp3) is 0.273. The minimum atomic E-state index is -3.69. The monoisotopic (exact) mass is 428 g/mol. The van der Waals surface area contributed by atoms with Gasteiger partial charge in [0.15, 0.2) is 0 Å². The first-order chi connectivity index (χ1) is 14.3. The quantitative estimate of drug-likeness (QED) is 0.660. The molecule has 2 unspecified atom stereocenters. The molecule has 0 saturated heterocycles. The van der Waals surface area contributed by atoms with Crippen LogP contribution < -0.4 is 5.32 Å². The zero-order valence-electron chi connectivity index (χ0n) is 16.6. The molecule has 0 radical (unpaired) electrons. The maximum atomic E-state index is 12.8. The SMILES string of the molecule is CN(Cc1ccccc1)S(=O)(=O)c1ccc(NC(=O)C2CC=CCC2C(=O)O)cc1. The first-order valence-electron chi connectivity index (χ1n) is 9.58. The third-order valence-electron chi connectivity index (χ3n) is 5.16. The van der Waals surface area contributed by atoms with Gasteiger partial charge in [-0.3, -0.25) is 9.59 Å². The van der Waals surface area contributed by atoms with Crippen LogP contribution in [-0.4, -0.2) is 36.8 Å². The number of hydrogen-bond acceptors (Lipinski definition) is 4. The van der Waals surface area contributed by atoms with Crippen molar-refractivity contribution >= 4 is 27.6 Å². The molecule has 0 saturated carbocycles. The van der Waals surface area contributed by atoms with E-state index in [4.69, 9.17) is 0 Å². The molecule has 0 heterocycles. The second-order valence-corrected chi connectivity index (χ2v) is 9.30. The molecule has 1 aliphatic rings. The van der Waals surface area contributed by atoms with Crippen LogP contribution in [0.2, 0.25) is 0 Å². The Morgan fingerprint density at radius 3 is 2.20 bits per heavy atom. The van der Waals surface area contributed by atoms with E-state index < -0.39 is 27.8 Å². The summed E-state index contributed by atoms with van der Waals surface area (Å²) in [7, 11) is -2.17. The fourth-order valence-electron chi connectivity index (χ4n) is 3.43. The summed E-state index contributed by atoms with van der Waals surface area (Å²) in [5.41, 5.74) is 1.30. The van der Waals surface area contributed by atoms with Crippen LogP contribution in [0.5, 0.6) is 0 Å². The summed E-state index contributed by atoms with van der Waals surface area (Å²) in [4.78, 5) is 24.0. The van der Waals surface area contributed by atoms with Gasteiger partial charge in [-0.25, -0.2) is 8.42 Å². The van der Waals surface area contributed by atoms with E-state index in [-0.39, 0.29) is 17.3 Å². The van der Waals surface area contributed by atoms with Crippen molar-refractivity contribution in [1.29, 1.82) is 0 Å². The van der Waals surface area contributed by atoms with Crippen molar-refractivity contribution in [2.45, 2.75) is 24.3 Å². The Hall–Kier alpha value is -2.97. The Bertz CT molecular complexity index is 1030. The number of benzene rings is 2. The Morgan fingerprint density at radius 1 is 1.00 bits per heavy atom. The van der Waals surface area contributed by atoms with Crippen LogP contribution in [0.15, 0.2) is 71.6 Å². The van der Waals surface area contributed by atoms with Gasteiger partial charge in [0.2, 0.25) is 15.9 Å². The molecule has 30 heavy (non-hydrogen) atoms. The summed E-state index contributed by atoms with van der Waals surface area (Å²) in [5.74, 6) is -2.81. The predicted molar refractivity (Wildman–Crippen MR) is 113 cm³/mol. The van der Waals surface area contributed by atoms with Crippen LogP contribution in [0.4, 0.5) is 5.69 Å². The van der Waals surface area contributed by atoms with Gasteiger partial charge >= 0.3 is 5.97 Å². The number of nitrogens with one attached hydrogen (secondary N) is 1. The molecule has 7 nitrogen and oxygen atoms in total. The summed E-state index contributed by atoms with van der Waals surface area (Å²) in [6.45, 7) is 0.243. The number of nitrogens with zero attached hydrogens (tertiary/aromatic N) is 1. The first-order valence-corrected chi connectivity index (χ1v) is 11.0. The molecule has 3 rings (SSSR count). The lowest BCUT2D eigenvalue weighted by atomic mass is 9.82. The van der Waals surface area contributed by atoms with E-state index in [1.807, 2.05) is 36.4 Å². The van der Waals surface area contributed by atoms with E-state index in [2.05, 4.69) is 5.32 Å². The Morgan fingerprint density at radius 2 is 1.60 bits per heavy atom. The van der Waals surface area contributed by atoms with Gasteiger partial charge in [0.25, 0.3) is 0 Å².